The molecule has 3 amide bonds. The van der Waals surface area contributed by atoms with Crippen molar-refractivity contribution < 1.29 is 24.2 Å². The number of carbonyl (C=O) groups is 3. The van der Waals surface area contributed by atoms with Crippen LogP contribution in [-0.2, 0) is 14.3 Å². The molecule has 188 valence electrons. The zero-order chi connectivity index (χ0) is 25.2. The topological polar surface area (TPSA) is 99.2 Å². The molecule has 0 aliphatic carbocycles. The largest absolute Gasteiger partial charge is 0.508 e. The van der Waals surface area contributed by atoms with Crippen LogP contribution < -0.4 is 5.32 Å². The van der Waals surface area contributed by atoms with Crippen molar-refractivity contribution in [3.8, 4) is 5.75 Å². The van der Waals surface area contributed by atoms with Gasteiger partial charge in [-0.25, -0.2) is 4.79 Å². The molecule has 34 heavy (non-hydrogen) atoms. The number of carbonyl (C=O) groups excluding carboxylic acids is 3. The van der Waals surface area contributed by atoms with Crippen molar-refractivity contribution in [3.05, 3.63) is 27.7 Å². The number of aromatic hydroxyl groups is 1. The summed E-state index contributed by atoms with van der Waals surface area (Å²) in [6, 6.07) is 2.52. The van der Waals surface area contributed by atoms with Crippen LogP contribution in [0.5, 0.6) is 5.75 Å². The Morgan fingerprint density at radius 2 is 1.65 bits per heavy atom. The Morgan fingerprint density at radius 3 is 2.24 bits per heavy atom. The van der Waals surface area contributed by atoms with Gasteiger partial charge in [-0.1, -0.05) is 23.2 Å². The predicted molar refractivity (Wildman–Crippen MR) is 130 cm³/mol. The maximum absolute atomic E-state index is 13.1. The molecule has 2 atom stereocenters. The number of amides is 3. The number of hydrogen-bond acceptors (Lipinski definition) is 5. The summed E-state index contributed by atoms with van der Waals surface area (Å²) in [7, 11) is 0. The molecule has 1 aromatic carbocycles. The van der Waals surface area contributed by atoms with E-state index < -0.39 is 11.6 Å². The van der Waals surface area contributed by atoms with Gasteiger partial charge in [-0.3, -0.25) is 9.59 Å². The lowest BCUT2D eigenvalue weighted by molar-refractivity contribution is -0.137. The van der Waals surface area contributed by atoms with Crippen molar-refractivity contribution in [2.24, 2.45) is 11.8 Å². The normalized spacial score (nSPS) is 20.2. The standard InChI is InChI=1S/C24H33Cl2N3O5/c1-14(30)27-21(17-11-18(25)19(26)12-20(17)31)15-5-8-28(9-6-15)22(32)16-7-10-29(13-16)23(33)34-24(2,3)4/h11-12,15-16,21,31H,5-10,13H2,1-4H3,(H,27,30)/t16-,21?/m1/s1. The third-order valence-electron chi connectivity index (χ3n) is 6.28. The maximum Gasteiger partial charge on any atom is 0.410 e. The van der Waals surface area contributed by atoms with Crippen molar-refractivity contribution in [1.82, 2.24) is 15.1 Å². The smallest absolute Gasteiger partial charge is 0.410 e. The van der Waals surface area contributed by atoms with E-state index in [9.17, 15) is 19.5 Å². The molecule has 8 nitrogen and oxygen atoms in total. The quantitative estimate of drug-likeness (QED) is 0.622. The summed E-state index contributed by atoms with van der Waals surface area (Å²) in [4.78, 5) is 40.8. The second-order valence-corrected chi connectivity index (χ2v) is 10.9. The van der Waals surface area contributed by atoms with Gasteiger partial charge in [0.2, 0.25) is 11.8 Å². The van der Waals surface area contributed by atoms with Gasteiger partial charge < -0.3 is 25.0 Å². The van der Waals surface area contributed by atoms with Crippen LogP contribution in [0.4, 0.5) is 4.79 Å². The molecular formula is C24H33Cl2N3O5. The molecule has 10 heteroatoms. The van der Waals surface area contributed by atoms with Gasteiger partial charge in [-0.15, -0.1) is 0 Å². The number of halogens is 2. The molecule has 0 spiro atoms. The van der Waals surface area contributed by atoms with E-state index in [1.165, 1.54) is 13.0 Å². The number of nitrogens with zero attached hydrogens (tertiary/aromatic N) is 2. The minimum absolute atomic E-state index is 0.0120. The Hall–Kier alpha value is -2.19. The third-order valence-corrected chi connectivity index (χ3v) is 7.00. The Morgan fingerprint density at radius 1 is 1.06 bits per heavy atom. The molecule has 0 saturated carbocycles. The number of likely N-dealkylation sites (tertiary alicyclic amines) is 2. The molecule has 2 aliphatic rings. The molecule has 0 aromatic heterocycles. The molecular weight excluding hydrogens is 481 g/mol. The molecule has 0 bridgehead atoms. The minimum Gasteiger partial charge on any atom is -0.508 e. The zero-order valence-corrected chi connectivity index (χ0v) is 21.6. The van der Waals surface area contributed by atoms with Gasteiger partial charge in [0.25, 0.3) is 0 Å². The molecule has 1 unspecified atom stereocenters. The Kier molecular flexibility index (Phi) is 8.24. The fourth-order valence-corrected chi connectivity index (χ4v) is 4.96. The fraction of sp³-hybridized carbons (Fsp3) is 0.625. The number of piperidine rings is 1. The monoisotopic (exact) mass is 513 g/mol. The predicted octanol–water partition coefficient (Wildman–Crippen LogP) is 4.37. The van der Waals surface area contributed by atoms with Crippen LogP contribution in [0.3, 0.4) is 0 Å². The van der Waals surface area contributed by atoms with E-state index in [0.717, 1.165) is 0 Å². The number of rotatable bonds is 4. The van der Waals surface area contributed by atoms with Gasteiger partial charge in [-0.05, 0) is 52.0 Å². The lowest BCUT2D eigenvalue weighted by Crippen LogP contribution is -2.45. The SMILES string of the molecule is CC(=O)NC(c1cc(Cl)c(Cl)cc1O)C1CCN(C(=O)[C@@H]2CCN(C(=O)OC(C)(C)C)C2)CC1. The number of ether oxygens (including phenoxy) is 1. The summed E-state index contributed by atoms with van der Waals surface area (Å²) in [5, 5.41) is 13.9. The molecule has 2 fully saturated rings. The first-order valence-corrected chi connectivity index (χ1v) is 12.3. The van der Waals surface area contributed by atoms with E-state index in [-0.39, 0.29) is 40.5 Å². The average Bonchev–Trinajstić information content (AvgIpc) is 3.24. The Bertz CT molecular complexity index is 941. The van der Waals surface area contributed by atoms with Gasteiger partial charge in [0.1, 0.15) is 11.4 Å². The molecule has 3 rings (SSSR count). The number of nitrogens with one attached hydrogen (secondary N) is 1. The molecule has 2 heterocycles. The van der Waals surface area contributed by atoms with Crippen LogP contribution in [0, 0.1) is 11.8 Å². The van der Waals surface area contributed by atoms with Gasteiger partial charge >= 0.3 is 6.09 Å². The lowest BCUT2D eigenvalue weighted by Gasteiger charge is -2.37. The molecule has 1 aromatic rings. The van der Waals surface area contributed by atoms with Crippen LogP contribution in [0.25, 0.3) is 0 Å². The summed E-state index contributed by atoms with van der Waals surface area (Å²) >= 11 is 12.2. The maximum atomic E-state index is 13.1. The summed E-state index contributed by atoms with van der Waals surface area (Å²) in [5.74, 6) is -0.438. The highest BCUT2D eigenvalue weighted by Crippen LogP contribution is 2.39. The van der Waals surface area contributed by atoms with E-state index in [1.807, 2.05) is 25.7 Å². The second kappa shape index (κ2) is 10.6. The van der Waals surface area contributed by atoms with Crippen LogP contribution in [0.2, 0.25) is 10.0 Å². The van der Waals surface area contributed by atoms with Gasteiger partial charge in [0, 0.05) is 44.7 Å². The highest BCUT2D eigenvalue weighted by Gasteiger charge is 2.38. The van der Waals surface area contributed by atoms with Crippen LogP contribution in [0.1, 0.15) is 58.6 Å². The lowest BCUT2D eigenvalue weighted by atomic mass is 9.84. The summed E-state index contributed by atoms with van der Waals surface area (Å²) in [6.07, 6.45) is 1.53. The van der Waals surface area contributed by atoms with Crippen molar-refractivity contribution in [2.75, 3.05) is 26.2 Å². The second-order valence-electron chi connectivity index (χ2n) is 10.1. The summed E-state index contributed by atoms with van der Waals surface area (Å²) in [6.45, 7) is 8.81. The van der Waals surface area contributed by atoms with Crippen LogP contribution >= 0.6 is 23.2 Å². The fourth-order valence-electron chi connectivity index (χ4n) is 4.63. The first kappa shape index (κ1) is 26.4. The summed E-state index contributed by atoms with van der Waals surface area (Å²) in [5.41, 5.74) is -0.0629. The average molecular weight is 514 g/mol. The number of phenolic OH excluding ortho intramolecular Hbond substituents is 1. The molecule has 0 radical (unpaired) electrons. The van der Waals surface area contributed by atoms with Gasteiger partial charge in [0.05, 0.1) is 22.0 Å². The highest BCUT2D eigenvalue weighted by atomic mass is 35.5. The minimum atomic E-state index is -0.575. The van der Waals surface area contributed by atoms with Crippen LogP contribution in [-0.4, -0.2) is 64.6 Å². The molecule has 2 aliphatic heterocycles. The highest BCUT2D eigenvalue weighted by molar-refractivity contribution is 6.42. The number of benzene rings is 1. The van der Waals surface area contributed by atoms with Crippen molar-refractivity contribution in [1.29, 1.82) is 0 Å². The summed E-state index contributed by atoms with van der Waals surface area (Å²) < 4.78 is 5.42. The molecule has 2 saturated heterocycles. The third kappa shape index (κ3) is 6.48. The van der Waals surface area contributed by atoms with Crippen molar-refractivity contribution in [2.45, 2.75) is 58.6 Å². The van der Waals surface area contributed by atoms with E-state index in [2.05, 4.69) is 5.32 Å². The van der Waals surface area contributed by atoms with E-state index in [0.29, 0.717) is 56.0 Å². The molecule has 2 N–H and O–H groups in total. The van der Waals surface area contributed by atoms with E-state index in [4.69, 9.17) is 27.9 Å². The van der Waals surface area contributed by atoms with E-state index in [1.54, 1.807) is 11.0 Å². The first-order valence-electron chi connectivity index (χ1n) is 11.6. The number of hydrogen-bond donors (Lipinski definition) is 2. The van der Waals surface area contributed by atoms with E-state index >= 15 is 0 Å². The van der Waals surface area contributed by atoms with Gasteiger partial charge in [0.15, 0.2) is 0 Å². The van der Waals surface area contributed by atoms with Crippen molar-refractivity contribution in [3.63, 3.8) is 0 Å². The van der Waals surface area contributed by atoms with Crippen molar-refractivity contribution >= 4 is 41.1 Å². The van der Waals surface area contributed by atoms with Crippen LogP contribution in [0.15, 0.2) is 12.1 Å². The first-order chi connectivity index (χ1) is 15.9. The Balaban J connectivity index is 1.62. The number of phenols is 1. The van der Waals surface area contributed by atoms with Gasteiger partial charge in [-0.2, -0.15) is 0 Å². The zero-order valence-electron chi connectivity index (χ0n) is 20.1. The Labute approximate surface area is 210 Å².